The summed E-state index contributed by atoms with van der Waals surface area (Å²) in [6, 6.07) is 22.5. The lowest BCUT2D eigenvalue weighted by Gasteiger charge is -2.14. The van der Waals surface area contributed by atoms with Crippen molar-refractivity contribution in [2.75, 3.05) is 0 Å². The average molecular weight is 282 g/mol. The molecule has 3 aromatic carbocycles. The highest BCUT2D eigenvalue weighted by Gasteiger charge is 2.10. The molecule has 0 aliphatic carbocycles. The maximum atomic E-state index is 6.29. The molecule has 20 heavy (non-hydrogen) atoms. The largest absolute Gasteiger partial charge is 0.324 e. The lowest BCUT2D eigenvalue weighted by Crippen LogP contribution is -2.13. The molecule has 100 valence electrons. The fourth-order valence-corrected chi connectivity index (χ4v) is 2.78. The molecular formula is C18H16ClN. The minimum atomic E-state index is -0.0788. The zero-order chi connectivity index (χ0) is 13.9. The van der Waals surface area contributed by atoms with Crippen LogP contribution in [0.2, 0.25) is 5.02 Å². The van der Waals surface area contributed by atoms with Crippen LogP contribution in [-0.4, -0.2) is 0 Å². The number of rotatable bonds is 3. The van der Waals surface area contributed by atoms with Gasteiger partial charge in [0.1, 0.15) is 0 Å². The minimum Gasteiger partial charge on any atom is -0.324 e. The summed E-state index contributed by atoms with van der Waals surface area (Å²) in [6.45, 7) is 0. The summed E-state index contributed by atoms with van der Waals surface area (Å²) in [5, 5.41) is 3.24. The molecule has 0 aromatic heterocycles. The first-order valence-electron chi connectivity index (χ1n) is 6.72. The lowest BCUT2D eigenvalue weighted by molar-refractivity contribution is 0.723. The van der Waals surface area contributed by atoms with Crippen LogP contribution in [0.25, 0.3) is 10.8 Å². The Morgan fingerprint density at radius 3 is 2.35 bits per heavy atom. The maximum Gasteiger partial charge on any atom is 0.0453 e. The van der Waals surface area contributed by atoms with Gasteiger partial charge in [-0.15, -0.1) is 0 Å². The highest BCUT2D eigenvalue weighted by Crippen LogP contribution is 2.25. The number of hydrogen-bond acceptors (Lipinski definition) is 1. The Balaban J connectivity index is 1.87. The van der Waals surface area contributed by atoms with E-state index >= 15 is 0 Å². The van der Waals surface area contributed by atoms with Crippen LogP contribution in [0.15, 0.2) is 66.7 Å². The molecule has 1 unspecified atom stereocenters. The van der Waals surface area contributed by atoms with Gasteiger partial charge >= 0.3 is 0 Å². The summed E-state index contributed by atoms with van der Waals surface area (Å²) in [6.07, 6.45) is 0.786. The third kappa shape index (κ3) is 2.69. The highest BCUT2D eigenvalue weighted by molar-refractivity contribution is 6.31. The van der Waals surface area contributed by atoms with E-state index < -0.39 is 0 Å². The number of hydrogen-bond donors (Lipinski definition) is 1. The predicted octanol–water partition coefficient (Wildman–Crippen LogP) is 4.74. The second-order valence-corrected chi connectivity index (χ2v) is 5.42. The number of halogens is 1. The fourth-order valence-electron chi connectivity index (χ4n) is 2.51. The number of benzene rings is 3. The standard InChI is InChI=1S/C18H16ClN/c19-17-8-4-3-7-16(17)18(20)12-13-9-10-14-5-1-2-6-15(14)11-13/h1-11,18H,12,20H2. The third-order valence-corrected chi connectivity index (χ3v) is 3.92. The molecule has 0 saturated carbocycles. The molecule has 3 aromatic rings. The molecule has 2 N–H and O–H groups in total. The summed E-state index contributed by atoms with van der Waals surface area (Å²) in [7, 11) is 0. The fraction of sp³-hybridized carbons (Fsp3) is 0.111. The molecule has 0 amide bonds. The van der Waals surface area contributed by atoms with E-state index in [4.69, 9.17) is 17.3 Å². The zero-order valence-corrected chi connectivity index (χ0v) is 11.8. The summed E-state index contributed by atoms with van der Waals surface area (Å²) in [5.41, 5.74) is 8.52. The van der Waals surface area contributed by atoms with E-state index in [1.54, 1.807) is 0 Å². The Hall–Kier alpha value is -1.83. The number of nitrogens with two attached hydrogens (primary N) is 1. The van der Waals surface area contributed by atoms with Crippen LogP contribution < -0.4 is 5.73 Å². The molecule has 0 heterocycles. The van der Waals surface area contributed by atoms with Crippen LogP contribution >= 0.6 is 11.6 Å². The summed E-state index contributed by atoms with van der Waals surface area (Å²) in [5.74, 6) is 0. The quantitative estimate of drug-likeness (QED) is 0.737. The maximum absolute atomic E-state index is 6.29. The van der Waals surface area contributed by atoms with E-state index in [1.165, 1.54) is 16.3 Å². The Labute approximate surface area is 124 Å². The van der Waals surface area contributed by atoms with Crippen molar-refractivity contribution in [2.24, 2.45) is 5.73 Å². The molecule has 0 spiro atoms. The van der Waals surface area contributed by atoms with Gasteiger partial charge in [-0.2, -0.15) is 0 Å². The Bertz CT molecular complexity index is 736. The van der Waals surface area contributed by atoms with Crippen LogP contribution in [0.5, 0.6) is 0 Å². The van der Waals surface area contributed by atoms with Crippen molar-refractivity contribution >= 4 is 22.4 Å². The van der Waals surface area contributed by atoms with Crippen molar-refractivity contribution < 1.29 is 0 Å². The van der Waals surface area contributed by atoms with Crippen molar-refractivity contribution in [3.63, 3.8) is 0 Å². The second-order valence-electron chi connectivity index (χ2n) is 5.01. The van der Waals surface area contributed by atoms with Crippen molar-refractivity contribution in [3.05, 3.63) is 82.9 Å². The van der Waals surface area contributed by atoms with Gasteiger partial charge in [0.05, 0.1) is 0 Å². The van der Waals surface area contributed by atoms with Gasteiger partial charge < -0.3 is 5.73 Å². The van der Waals surface area contributed by atoms with Crippen molar-refractivity contribution in [1.29, 1.82) is 0 Å². The van der Waals surface area contributed by atoms with Gasteiger partial charge in [0.2, 0.25) is 0 Å². The summed E-state index contributed by atoms with van der Waals surface area (Å²) >= 11 is 6.20. The van der Waals surface area contributed by atoms with Gasteiger partial charge in [0, 0.05) is 11.1 Å². The van der Waals surface area contributed by atoms with Crippen LogP contribution in [0, 0.1) is 0 Å². The molecule has 1 atom stereocenters. The Morgan fingerprint density at radius 2 is 1.55 bits per heavy atom. The van der Waals surface area contributed by atoms with Gasteiger partial charge in [-0.25, -0.2) is 0 Å². The molecule has 0 fully saturated rings. The molecule has 0 bridgehead atoms. The molecule has 2 heteroatoms. The Kier molecular flexibility index (Phi) is 3.72. The van der Waals surface area contributed by atoms with Crippen LogP contribution in [0.1, 0.15) is 17.2 Å². The third-order valence-electron chi connectivity index (χ3n) is 3.57. The molecule has 0 aliphatic heterocycles. The monoisotopic (exact) mass is 281 g/mol. The van der Waals surface area contributed by atoms with E-state index in [-0.39, 0.29) is 6.04 Å². The molecular weight excluding hydrogens is 266 g/mol. The van der Waals surface area contributed by atoms with Crippen molar-refractivity contribution in [3.8, 4) is 0 Å². The van der Waals surface area contributed by atoms with E-state index in [2.05, 4.69) is 42.5 Å². The molecule has 0 aliphatic rings. The zero-order valence-electron chi connectivity index (χ0n) is 11.1. The van der Waals surface area contributed by atoms with Crippen molar-refractivity contribution in [2.45, 2.75) is 12.5 Å². The second kappa shape index (κ2) is 5.66. The van der Waals surface area contributed by atoms with Gasteiger partial charge in [-0.05, 0) is 34.4 Å². The smallest absolute Gasteiger partial charge is 0.0453 e. The first-order chi connectivity index (χ1) is 9.74. The first-order valence-corrected chi connectivity index (χ1v) is 7.09. The van der Waals surface area contributed by atoms with E-state index in [9.17, 15) is 0 Å². The lowest BCUT2D eigenvalue weighted by atomic mass is 9.97. The average Bonchev–Trinajstić information content (AvgIpc) is 2.47. The van der Waals surface area contributed by atoms with Crippen molar-refractivity contribution in [1.82, 2.24) is 0 Å². The Morgan fingerprint density at radius 1 is 0.850 bits per heavy atom. The van der Waals surface area contributed by atoms with E-state index in [0.717, 1.165) is 17.0 Å². The van der Waals surface area contributed by atoms with Gasteiger partial charge in [-0.3, -0.25) is 0 Å². The topological polar surface area (TPSA) is 26.0 Å². The van der Waals surface area contributed by atoms with Crippen LogP contribution in [0.4, 0.5) is 0 Å². The van der Waals surface area contributed by atoms with Gasteiger partial charge in [0.15, 0.2) is 0 Å². The normalized spacial score (nSPS) is 12.5. The van der Waals surface area contributed by atoms with Gasteiger partial charge in [-0.1, -0.05) is 72.3 Å². The molecule has 1 nitrogen and oxygen atoms in total. The predicted molar refractivity (Wildman–Crippen MR) is 86.0 cm³/mol. The van der Waals surface area contributed by atoms with Crippen LogP contribution in [0.3, 0.4) is 0 Å². The SMILES string of the molecule is NC(Cc1ccc2ccccc2c1)c1ccccc1Cl. The first kappa shape index (κ1) is 13.2. The summed E-state index contributed by atoms with van der Waals surface area (Å²) < 4.78 is 0. The molecule has 0 radical (unpaired) electrons. The van der Waals surface area contributed by atoms with Crippen LogP contribution in [-0.2, 0) is 6.42 Å². The van der Waals surface area contributed by atoms with E-state index in [0.29, 0.717) is 0 Å². The molecule has 3 rings (SSSR count). The molecule has 0 saturated heterocycles. The van der Waals surface area contributed by atoms with Gasteiger partial charge in [0.25, 0.3) is 0 Å². The minimum absolute atomic E-state index is 0.0788. The summed E-state index contributed by atoms with van der Waals surface area (Å²) in [4.78, 5) is 0. The highest BCUT2D eigenvalue weighted by atomic mass is 35.5. The number of fused-ring (bicyclic) bond motifs is 1. The van der Waals surface area contributed by atoms with E-state index in [1.807, 2.05) is 24.3 Å².